The van der Waals surface area contributed by atoms with Crippen LogP contribution in [0.3, 0.4) is 0 Å². The molecule has 1 unspecified atom stereocenters. The fourth-order valence-electron chi connectivity index (χ4n) is 1.96. The summed E-state index contributed by atoms with van der Waals surface area (Å²) in [6, 6.07) is 1.80. The van der Waals surface area contributed by atoms with Crippen LogP contribution < -0.4 is 10.1 Å². The highest BCUT2D eigenvalue weighted by molar-refractivity contribution is 5.38. The SMILES string of the molecule is CCOc1cc(NCCOC)nc(C2CCCO2)n1. The number of rotatable bonds is 7. The average Bonchev–Trinajstić information content (AvgIpc) is 2.93. The second-order valence-electron chi connectivity index (χ2n) is 4.30. The zero-order chi connectivity index (χ0) is 13.5. The van der Waals surface area contributed by atoms with Crippen molar-refractivity contribution in [2.24, 2.45) is 0 Å². The van der Waals surface area contributed by atoms with E-state index in [1.165, 1.54) is 0 Å². The number of hydrogen-bond donors (Lipinski definition) is 1. The fourth-order valence-corrected chi connectivity index (χ4v) is 1.96. The summed E-state index contributed by atoms with van der Waals surface area (Å²) in [7, 11) is 1.67. The van der Waals surface area contributed by atoms with Crippen molar-refractivity contribution >= 4 is 5.82 Å². The molecule has 2 rings (SSSR count). The molecule has 0 spiro atoms. The molecule has 0 aliphatic carbocycles. The Morgan fingerprint density at radius 3 is 3.05 bits per heavy atom. The van der Waals surface area contributed by atoms with Gasteiger partial charge in [-0.25, -0.2) is 4.98 Å². The van der Waals surface area contributed by atoms with Crippen molar-refractivity contribution in [3.63, 3.8) is 0 Å². The second kappa shape index (κ2) is 7.25. The van der Waals surface area contributed by atoms with E-state index in [-0.39, 0.29) is 6.10 Å². The lowest BCUT2D eigenvalue weighted by molar-refractivity contribution is 0.104. The molecule has 1 aliphatic heterocycles. The van der Waals surface area contributed by atoms with E-state index in [4.69, 9.17) is 14.2 Å². The molecular formula is C13H21N3O3. The quantitative estimate of drug-likeness (QED) is 0.760. The highest BCUT2D eigenvalue weighted by atomic mass is 16.5. The first-order chi connectivity index (χ1) is 9.33. The highest BCUT2D eigenvalue weighted by Gasteiger charge is 2.22. The lowest BCUT2D eigenvalue weighted by Crippen LogP contribution is -2.12. The van der Waals surface area contributed by atoms with Crippen molar-refractivity contribution in [1.29, 1.82) is 0 Å². The van der Waals surface area contributed by atoms with Crippen LogP contribution in [0.1, 0.15) is 31.7 Å². The summed E-state index contributed by atoms with van der Waals surface area (Å²) in [5.41, 5.74) is 0. The maximum absolute atomic E-state index is 5.62. The lowest BCUT2D eigenvalue weighted by Gasteiger charge is -2.13. The van der Waals surface area contributed by atoms with Gasteiger partial charge in [0, 0.05) is 26.3 Å². The summed E-state index contributed by atoms with van der Waals surface area (Å²) in [6.07, 6.45) is 2.01. The van der Waals surface area contributed by atoms with Gasteiger partial charge in [-0.1, -0.05) is 0 Å². The van der Waals surface area contributed by atoms with Gasteiger partial charge in [-0.05, 0) is 19.8 Å². The van der Waals surface area contributed by atoms with Crippen molar-refractivity contribution in [1.82, 2.24) is 9.97 Å². The Bertz CT molecular complexity index is 395. The molecule has 1 aliphatic rings. The molecule has 19 heavy (non-hydrogen) atoms. The van der Waals surface area contributed by atoms with Gasteiger partial charge >= 0.3 is 0 Å². The zero-order valence-electron chi connectivity index (χ0n) is 11.5. The van der Waals surface area contributed by atoms with Gasteiger partial charge in [0.1, 0.15) is 11.9 Å². The first-order valence-corrected chi connectivity index (χ1v) is 6.69. The van der Waals surface area contributed by atoms with Crippen molar-refractivity contribution < 1.29 is 14.2 Å². The molecule has 1 N–H and O–H groups in total. The molecule has 1 aromatic heterocycles. The van der Waals surface area contributed by atoms with E-state index in [2.05, 4.69) is 15.3 Å². The fraction of sp³-hybridized carbons (Fsp3) is 0.692. The van der Waals surface area contributed by atoms with Crippen LogP contribution in [0.15, 0.2) is 6.07 Å². The molecule has 1 saturated heterocycles. The first kappa shape index (κ1) is 14.0. The van der Waals surface area contributed by atoms with Crippen molar-refractivity contribution in [2.45, 2.75) is 25.9 Å². The monoisotopic (exact) mass is 267 g/mol. The summed E-state index contributed by atoms with van der Waals surface area (Å²) in [5.74, 6) is 2.03. The number of ether oxygens (including phenoxy) is 3. The van der Waals surface area contributed by atoms with Gasteiger partial charge in [-0.2, -0.15) is 4.98 Å². The van der Waals surface area contributed by atoms with Crippen LogP contribution in [0.5, 0.6) is 5.88 Å². The van der Waals surface area contributed by atoms with Gasteiger partial charge in [0.15, 0.2) is 5.82 Å². The third-order valence-corrected chi connectivity index (χ3v) is 2.84. The van der Waals surface area contributed by atoms with Crippen LogP contribution in [0.25, 0.3) is 0 Å². The van der Waals surface area contributed by atoms with Gasteiger partial charge < -0.3 is 19.5 Å². The summed E-state index contributed by atoms with van der Waals surface area (Å²) >= 11 is 0. The van der Waals surface area contributed by atoms with E-state index < -0.39 is 0 Å². The van der Waals surface area contributed by atoms with E-state index in [1.54, 1.807) is 13.2 Å². The Morgan fingerprint density at radius 2 is 2.37 bits per heavy atom. The Hall–Kier alpha value is -1.40. The Kier molecular flexibility index (Phi) is 5.35. The third-order valence-electron chi connectivity index (χ3n) is 2.84. The number of aromatic nitrogens is 2. The van der Waals surface area contributed by atoms with E-state index in [0.29, 0.717) is 31.5 Å². The third kappa shape index (κ3) is 4.04. The standard InChI is InChI=1S/C13H21N3O3/c1-3-18-12-9-11(14-6-8-17-2)15-13(16-12)10-5-4-7-19-10/h9-10H,3-8H2,1-2H3,(H,14,15,16). The molecular weight excluding hydrogens is 246 g/mol. The number of hydrogen-bond acceptors (Lipinski definition) is 6. The van der Waals surface area contributed by atoms with Gasteiger partial charge in [0.2, 0.25) is 5.88 Å². The van der Waals surface area contributed by atoms with E-state index in [0.717, 1.165) is 25.3 Å². The molecule has 2 heterocycles. The van der Waals surface area contributed by atoms with Crippen molar-refractivity contribution in [3.8, 4) is 5.88 Å². The van der Waals surface area contributed by atoms with Crippen LogP contribution in [-0.2, 0) is 9.47 Å². The molecule has 0 saturated carbocycles. The minimum absolute atomic E-state index is 0.0108. The molecule has 0 radical (unpaired) electrons. The summed E-state index contributed by atoms with van der Waals surface area (Å²) in [4.78, 5) is 8.89. The lowest BCUT2D eigenvalue weighted by atomic mass is 10.2. The van der Waals surface area contributed by atoms with E-state index >= 15 is 0 Å². The summed E-state index contributed by atoms with van der Waals surface area (Å²) in [5, 5.41) is 3.20. The largest absolute Gasteiger partial charge is 0.478 e. The van der Waals surface area contributed by atoms with Gasteiger partial charge in [-0.15, -0.1) is 0 Å². The zero-order valence-corrected chi connectivity index (χ0v) is 11.5. The normalized spacial score (nSPS) is 18.5. The van der Waals surface area contributed by atoms with Crippen LogP contribution in [0, 0.1) is 0 Å². The molecule has 106 valence electrons. The Labute approximate surface area is 113 Å². The number of methoxy groups -OCH3 is 1. The number of anilines is 1. The molecule has 1 aromatic rings. The molecule has 0 aromatic carbocycles. The topological polar surface area (TPSA) is 65.5 Å². The predicted octanol–water partition coefficient (Wildman–Crippen LogP) is 1.79. The molecule has 0 amide bonds. The van der Waals surface area contributed by atoms with Crippen molar-refractivity contribution in [3.05, 3.63) is 11.9 Å². The average molecular weight is 267 g/mol. The van der Waals surface area contributed by atoms with Crippen molar-refractivity contribution in [2.75, 3.05) is 38.8 Å². The first-order valence-electron chi connectivity index (χ1n) is 6.69. The number of nitrogens with zero attached hydrogens (tertiary/aromatic N) is 2. The van der Waals surface area contributed by atoms with Crippen LogP contribution in [0.2, 0.25) is 0 Å². The molecule has 6 heteroatoms. The van der Waals surface area contributed by atoms with Crippen LogP contribution >= 0.6 is 0 Å². The summed E-state index contributed by atoms with van der Waals surface area (Å²) in [6.45, 7) is 4.62. The Morgan fingerprint density at radius 1 is 1.47 bits per heavy atom. The molecule has 6 nitrogen and oxygen atoms in total. The highest BCUT2D eigenvalue weighted by Crippen LogP contribution is 2.28. The van der Waals surface area contributed by atoms with E-state index in [1.807, 2.05) is 6.92 Å². The summed E-state index contributed by atoms with van der Waals surface area (Å²) < 4.78 is 16.1. The van der Waals surface area contributed by atoms with E-state index in [9.17, 15) is 0 Å². The maximum atomic E-state index is 5.62. The molecule has 1 atom stereocenters. The van der Waals surface area contributed by atoms with Crippen LogP contribution in [-0.4, -0.2) is 43.4 Å². The maximum Gasteiger partial charge on any atom is 0.218 e. The van der Waals surface area contributed by atoms with Crippen LogP contribution in [0.4, 0.5) is 5.82 Å². The Balaban J connectivity index is 2.11. The predicted molar refractivity (Wildman–Crippen MR) is 71.5 cm³/mol. The van der Waals surface area contributed by atoms with Gasteiger partial charge in [0.05, 0.1) is 13.2 Å². The molecule has 1 fully saturated rings. The van der Waals surface area contributed by atoms with Gasteiger partial charge in [-0.3, -0.25) is 0 Å². The van der Waals surface area contributed by atoms with Gasteiger partial charge in [0.25, 0.3) is 0 Å². The second-order valence-corrected chi connectivity index (χ2v) is 4.30. The number of nitrogens with one attached hydrogen (secondary N) is 1. The smallest absolute Gasteiger partial charge is 0.218 e. The molecule has 0 bridgehead atoms. The minimum atomic E-state index is -0.0108. The minimum Gasteiger partial charge on any atom is -0.478 e.